The van der Waals surface area contributed by atoms with Gasteiger partial charge in [-0.2, -0.15) is 0 Å². The maximum atomic E-state index is 5.91. The Morgan fingerprint density at radius 3 is 2.73 bits per heavy atom. The van der Waals surface area contributed by atoms with E-state index in [0.717, 1.165) is 43.4 Å². The number of piperidine rings is 1. The van der Waals surface area contributed by atoms with Gasteiger partial charge in [0.2, 0.25) is 0 Å². The van der Waals surface area contributed by atoms with Crippen molar-refractivity contribution < 1.29 is 9.47 Å². The summed E-state index contributed by atoms with van der Waals surface area (Å²) in [6.45, 7) is 2.73. The number of nitrogens with zero attached hydrogens (tertiary/aromatic N) is 3. The van der Waals surface area contributed by atoms with Crippen LogP contribution in [0.15, 0.2) is 42.9 Å². The Balaban J connectivity index is 1.54. The fourth-order valence-electron chi connectivity index (χ4n) is 2.75. The van der Waals surface area contributed by atoms with Gasteiger partial charge in [0, 0.05) is 31.4 Å². The molecule has 1 aromatic heterocycles. The molecule has 1 atom stereocenters. The first-order valence-corrected chi connectivity index (χ1v) is 7.63. The molecular weight excluding hydrogens is 278 g/mol. The summed E-state index contributed by atoms with van der Waals surface area (Å²) in [7, 11) is 1.67. The summed E-state index contributed by atoms with van der Waals surface area (Å²) in [4.78, 5) is 10.8. The molecule has 116 valence electrons. The normalized spacial score (nSPS) is 18.0. The first kappa shape index (κ1) is 14.6. The molecule has 1 fully saturated rings. The number of methoxy groups -OCH3 is 1. The molecule has 2 heterocycles. The third kappa shape index (κ3) is 3.67. The highest BCUT2D eigenvalue weighted by Crippen LogP contribution is 2.23. The van der Waals surface area contributed by atoms with Gasteiger partial charge < -0.3 is 14.4 Å². The Kier molecular flexibility index (Phi) is 4.73. The monoisotopic (exact) mass is 299 g/mol. The third-order valence-electron chi connectivity index (χ3n) is 3.94. The molecule has 1 aromatic carbocycles. The first-order valence-electron chi connectivity index (χ1n) is 7.63. The topological polar surface area (TPSA) is 47.5 Å². The molecule has 1 saturated heterocycles. The molecule has 3 rings (SSSR count). The number of aromatic nitrogens is 2. The quantitative estimate of drug-likeness (QED) is 0.849. The van der Waals surface area contributed by atoms with E-state index in [-0.39, 0.29) is 0 Å². The van der Waals surface area contributed by atoms with Gasteiger partial charge in [-0.3, -0.25) is 4.98 Å². The zero-order valence-electron chi connectivity index (χ0n) is 12.8. The van der Waals surface area contributed by atoms with Crippen molar-refractivity contribution in [3.8, 4) is 11.5 Å². The van der Waals surface area contributed by atoms with Crippen molar-refractivity contribution in [3.63, 3.8) is 0 Å². The number of ether oxygens (including phenoxy) is 2. The van der Waals surface area contributed by atoms with Crippen LogP contribution in [0.3, 0.4) is 0 Å². The lowest BCUT2D eigenvalue weighted by molar-refractivity contribution is 0.228. The molecule has 2 aromatic rings. The van der Waals surface area contributed by atoms with E-state index < -0.39 is 0 Å². The van der Waals surface area contributed by atoms with Gasteiger partial charge >= 0.3 is 0 Å². The van der Waals surface area contributed by atoms with Crippen molar-refractivity contribution >= 4 is 5.82 Å². The van der Waals surface area contributed by atoms with Crippen molar-refractivity contribution in [3.05, 3.63) is 42.9 Å². The predicted octanol–water partition coefficient (Wildman–Crippen LogP) is 2.78. The van der Waals surface area contributed by atoms with E-state index in [1.54, 1.807) is 19.5 Å². The molecule has 0 bridgehead atoms. The van der Waals surface area contributed by atoms with Crippen molar-refractivity contribution in [2.45, 2.75) is 12.8 Å². The summed E-state index contributed by atoms with van der Waals surface area (Å²) in [5.41, 5.74) is 0. The molecule has 0 N–H and O–H groups in total. The summed E-state index contributed by atoms with van der Waals surface area (Å²) in [6, 6.07) is 7.73. The van der Waals surface area contributed by atoms with E-state index in [1.807, 2.05) is 30.5 Å². The highest BCUT2D eigenvalue weighted by Gasteiger charge is 2.21. The lowest BCUT2D eigenvalue weighted by atomic mass is 9.99. The smallest absolute Gasteiger partial charge is 0.147 e. The van der Waals surface area contributed by atoms with E-state index in [1.165, 1.54) is 6.42 Å². The van der Waals surface area contributed by atoms with Crippen LogP contribution in [-0.2, 0) is 0 Å². The first-order chi connectivity index (χ1) is 10.8. The minimum absolute atomic E-state index is 0.512. The van der Waals surface area contributed by atoms with Gasteiger partial charge in [0.1, 0.15) is 17.3 Å². The van der Waals surface area contributed by atoms with Gasteiger partial charge in [-0.25, -0.2) is 4.98 Å². The molecule has 0 amide bonds. The van der Waals surface area contributed by atoms with Crippen LogP contribution in [0, 0.1) is 5.92 Å². The SMILES string of the molecule is COc1ccc(OC[C@@H]2CCCN(c3cnccn3)C2)cc1. The van der Waals surface area contributed by atoms with Crippen molar-refractivity contribution in [2.75, 3.05) is 31.7 Å². The molecular formula is C17H21N3O2. The molecule has 22 heavy (non-hydrogen) atoms. The van der Waals surface area contributed by atoms with Crippen LogP contribution in [0.2, 0.25) is 0 Å². The molecule has 5 nitrogen and oxygen atoms in total. The number of rotatable bonds is 5. The van der Waals surface area contributed by atoms with Gasteiger partial charge in [-0.1, -0.05) is 0 Å². The van der Waals surface area contributed by atoms with Gasteiger partial charge in [0.05, 0.1) is 19.9 Å². The molecule has 5 heteroatoms. The van der Waals surface area contributed by atoms with Gasteiger partial charge in [0.15, 0.2) is 0 Å². The van der Waals surface area contributed by atoms with E-state index in [2.05, 4.69) is 14.9 Å². The average Bonchev–Trinajstić information content (AvgIpc) is 2.61. The minimum atomic E-state index is 0.512. The highest BCUT2D eigenvalue weighted by molar-refractivity contribution is 5.35. The minimum Gasteiger partial charge on any atom is -0.497 e. The van der Waals surface area contributed by atoms with E-state index >= 15 is 0 Å². The summed E-state index contributed by atoms with van der Waals surface area (Å²) in [5.74, 6) is 3.20. The Labute approximate surface area is 130 Å². The predicted molar refractivity (Wildman–Crippen MR) is 85.5 cm³/mol. The lowest BCUT2D eigenvalue weighted by Gasteiger charge is -2.33. The van der Waals surface area contributed by atoms with Crippen molar-refractivity contribution in [1.82, 2.24) is 9.97 Å². The molecule has 0 unspecified atom stereocenters. The lowest BCUT2D eigenvalue weighted by Crippen LogP contribution is -2.38. The summed E-state index contributed by atoms with van der Waals surface area (Å²) in [6.07, 6.45) is 7.62. The Morgan fingerprint density at radius 2 is 2.00 bits per heavy atom. The van der Waals surface area contributed by atoms with E-state index in [4.69, 9.17) is 9.47 Å². The van der Waals surface area contributed by atoms with E-state index in [9.17, 15) is 0 Å². The zero-order chi connectivity index (χ0) is 15.2. The molecule has 0 saturated carbocycles. The second-order valence-electron chi connectivity index (χ2n) is 5.50. The van der Waals surface area contributed by atoms with Crippen LogP contribution in [0.1, 0.15) is 12.8 Å². The van der Waals surface area contributed by atoms with Crippen LogP contribution < -0.4 is 14.4 Å². The second kappa shape index (κ2) is 7.11. The fraction of sp³-hybridized carbons (Fsp3) is 0.412. The van der Waals surface area contributed by atoms with Crippen LogP contribution in [-0.4, -0.2) is 36.8 Å². The summed E-state index contributed by atoms with van der Waals surface area (Å²) < 4.78 is 11.1. The van der Waals surface area contributed by atoms with Gasteiger partial charge in [0.25, 0.3) is 0 Å². The van der Waals surface area contributed by atoms with Crippen LogP contribution in [0.4, 0.5) is 5.82 Å². The number of hydrogen-bond donors (Lipinski definition) is 0. The van der Waals surface area contributed by atoms with E-state index in [0.29, 0.717) is 5.92 Å². The molecule has 0 spiro atoms. The van der Waals surface area contributed by atoms with Crippen LogP contribution >= 0.6 is 0 Å². The standard InChI is InChI=1S/C17H21N3O2/c1-21-15-4-6-16(7-5-15)22-13-14-3-2-10-20(12-14)17-11-18-8-9-19-17/h4-9,11,14H,2-3,10,12-13H2,1H3/t14-/m1/s1. The Morgan fingerprint density at radius 1 is 1.18 bits per heavy atom. The second-order valence-corrected chi connectivity index (χ2v) is 5.50. The van der Waals surface area contributed by atoms with Gasteiger partial charge in [-0.15, -0.1) is 0 Å². The van der Waals surface area contributed by atoms with Crippen molar-refractivity contribution in [1.29, 1.82) is 0 Å². The maximum absolute atomic E-state index is 5.91. The highest BCUT2D eigenvalue weighted by atomic mass is 16.5. The Bertz CT molecular complexity index is 574. The largest absolute Gasteiger partial charge is 0.497 e. The third-order valence-corrected chi connectivity index (χ3v) is 3.94. The van der Waals surface area contributed by atoms with Crippen molar-refractivity contribution in [2.24, 2.45) is 5.92 Å². The number of hydrogen-bond acceptors (Lipinski definition) is 5. The zero-order valence-corrected chi connectivity index (χ0v) is 12.8. The molecule has 0 aliphatic carbocycles. The van der Waals surface area contributed by atoms with Crippen LogP contribution in [0.5, 0.6) is 11.5 Å². The Hall–Kier alpha value is -2.30. The fourth-order valence-corrected chi connectivity index (χ4v) is 2.75. The molecule has 1 aliphatic heterocycles. The molecule has 1 aliphatic rings. The molecule has 0 radical (unpaired) electrons. The number of benzene rings is 1. The number of anilines is 1. The maximum Gasteiger partial charge on any atom is 0.147 e. The average molecular weight is 299 g/mol. The van der Waals surface area contributed by atoms with Gasteiger partial charge in [-0.05, 0) is 37.1 Å². The van der Waals surface area contributed by atoms with Crippen LogP contribution in [0.25, 0.3) is 0 Å². The summed E-state index contributed by atoms with van der Waals surface area (Å²) >= 11 is 0. The summed E-state index contributed by atoms with van der Waals surface area (Å²) in [5, 5.41) is 0.